The van der Waals surface area contributed by atoms with Gasteiger partial charge in [0.1, 0.15) is 90.9 Å². The van der Waals surface area contributed by atoms with E-state index in [0.29, 0.717) is 77.7 Å². The molecule has 44 nitrogen and oxygen atoms in total. The van der Waals surface area contributed by atoms with E-state index in [-0.39, 0.29) is 197 Å². The SMILES string of the molecule is C[C@H]1C[C@H](n2ccc(=O)[nH]c2=O)O[C@@H]1CO.C[C@H]1C[C@H](n2ccc(N)nc2=O)O[C@@H]1CO.O=C(Cl)c1ccc(CO)cc1.[2H]B([3H])CSOC[C@H]1O[C@@H](n2ccc(NC(=O)c3ccc(CO)cc3)nc2=O)C[C@@H]1C.[2H]B([3H])CSOC[C@H]1O[C@@H](n2ccc(NC(=O)c3ccc(COC(=O)CCC(=O)NC)cc3)nc2=O)C[C@@H]1C.[2H]B([3H])CSOC[C@H]1O[C@@H](n2ccc(NC(=O)c3ccc(COC(=O)CCC(=O)NC)cc3)nc2=O)C[C@@H]1C. The summed E-state index contributed by atoms with van der Waals surface area (Å²) < 4.78 is 105. The van der Waals surface area contributed by atoms with Crippen molar-refractivity contribution in [2.45, 2.75) is 180 Å². The molecule has 5 saturated heterocycles. The van der Waals surface area contributed by atoms with Crippen LogP contribution in [-0.4, -0.2) is 241 Å². The van der Waals surface area contributed by atoms with Crippen LogP contribution in [0.1, 0.15) is 187 Å². The summed E-state index contributed by atoms with van der Waals surface area (Å²) in [5, 5.41) is 48.0. The molecule has 784 valence electrons. The molecule has 5 aromatic heterocycles. The number of halogens is 1. The van der Waals surface area contributed by atoms with Crippen molar-refractivity contribution < 1.29 is 104 Å². The molecule has 9 aromatic rings. The van der Waals surface area contributed by atoms with Gasteiger partial charge in [-0.15, -0.1) is 0 Å². The van der Waals surface area contributed by atoms with Crippen LogP contribution < -0.4 is 66.3 Å². The van der Waals surface area contributed by atoms with Gasteiger partial charge in [0.2, 0.25) is 11.8 Å². The molecule has 5 amide bonds. The fraction of sp³-hybridized carbons (Fsp3) is 0.453. The number of benzene rings is 4. The predicted octanol–water partition coefficient (Wildman–Crippen LogP) is 4.41. The number of amides is 5. The average Bonchev–Trinajstić information content (AvgIpc) is 1.66. The molecule has 10 heterocycles. The third-order valence-corrected chi connectivity index (χ3v) is 24.9. The molecule has 51 heteroatoms. The van der Waals surface area contributed by atoms with Gasteiger partial charge in [0.25, 0.3) is 28.5 Å². The molecule has 14 rings (SSSR count). The van der Waals surface area contributed by atoms with Crippen LogP contribution in [0.15, 0.2) is 187 Å². The number of aromatic nitrogens is 10. The number of ether oxygens (including phenoxy) is 7. The van der Waals surface area contributed by atoms with Gasteiger partial charge in [-0.1, -0.05) is 83.1 Å². The Bertz CT molecular complexity index is 6190. The Labute approximate surface area is 868 Å². The summed E-state index contributed by atoms with van der Waals surface area (Å²) >= 11 is 8.38. The number of esters is 2. The lowest BCUT2D eigenvalue weighted by molar-refractivity contribution is -0.146. The van der Waals surface area contributed by atoms with Crippen LogP contribution >= 0.6 is 47.7 Å². The minimum atomic E-state index is -0.961. The zero-order valence-corrected chi connectivity index (χ0v) is 84.2. The molecule has 0 bridgehead atoms. The van der Waals surface area contributed by atoms with Crippen LogP contribution in [0.4, 0.5) is 23.3 Å². The van der Waals surface area contributed by atoms with Crippen LogP contribution in [0.2, 0.25) is 0 Å². The van der Waals surface area contributed by atoms with E-state index in [2.05, 4.69) is 51.5 Å². The first-order valence-corrected chi connectivity index (χ1v) is 49.4. The van der Waals surface area contributed by atoms with Gasteiger partial charge in [-0.25, -0.2) is 24.0 Å². The Morgan fingerprint density at radius 3 is 1.01 bits per heavy atom. The van der Waals surface area contributed by atoms with Gasteiger partial charge in [-0.3, -0.25) is 71.0 Å². The van der Waals surface area contributed by atoms with Gasteiger partial charge in [-0.05, 0) is 229 Å². The number of nitrogens with zero attached hydrogens (tertiary/aromatic N) is 9. The summed E-state index contributed by atoms with van der Waals surface area (Å²) in [6.45, 7) is 10.6. The van der Waals surface area contributed by atoms with E-state index in [1.807, 2.05) is 34.6 Å². The second-order valence-electron chi connectivity index (χ2n) is 33.8. The maximum atomic E-state index is 12.6. The van der Waals surface area contributed by atoms with E-state index < -0.39 is 117 Å². The van der Waals surface area contributed by atoms with Gasteiger partial charge in [-0.2, -0.15) is 19.9 Å². The van der Waals surface area contributed by atoms with Gasteiger partial charge in [0.05, 0.1) is 89.6 Å². The second-order valence-corrected chi connectivity index (χ2v) is 36.5. The highest BCUT2D eigenvalue weighted by molar-refractivity contribution is 7.96. The van der Waals surface area contributed by atoms with Crippen molar-refractivity contribution >= 4 is 141 Å². The van der Waals surface area contributed by atoms with Crippen molar-refractivity contribution in [2.24, 2.45) is 29.6 Å². The van der Waals surface area contributed by atoms with E-state index in [9.17, 15) is 67.1 Å². The van der Waals surface area contributed by atoms with Crippen molar-refractivity contribution in [3.05, 3.63) is 266 Å². The zero-order chi connectivity index (χ0) is 111. The fourth-order valence-corrected chi connectivity index (χ4v) is 16.0. The molecule has 0 unspecified atom stereocenters. The van der Waals surface area contributed by atoms with Crippen LogP contribution in [0.25, 0.3) is 0 Å². The lowest BCUT2D eigenvalue weighted by Crippen LogP contribution is -2.31. The van der Waals surface area contributed by atoms with Crippen molar-refractivity contribution in [2.75, 3.05) is 85.8 Å². The lowest BCUT2D eigenvalue weighted by Gasteiger charge is -2.16. The standard InChI is InChI=1S/2C24H31BN4O7S.C19H24BN3O5S.C10H15N3O3.C10H14N2O4.C8H7ClO2/c2*1-15-11-21(36-18(15)13-35-37-14-25)29-10-9-19(28-24(29)33)27-23(32)17-5-3-16(4-6-17)12-34-22(31)8-7-20(30)26-2;1-12-8-17(28-15(12)10-27-29-11-20)23-7-6-16(22-19(23)26)21-18(25)14-4-2-13(9-24)3-5-14;1-6-4-9(16-7(6)5-14)13-3-2-8(11)12-10(13)15;1-6-4-9(16-7(6)5-13)12-3-2-8(14)11-10(12)15;9-8(11)7-3-1-6(5-10)2-4-7/h2*3-6,9-10,15,18,21H,7-8,11-14,25H2,1-2H3,(H,26,30)(H,27,28,32,33);2-7,12,15,17,24H,8-11,20H2,1H3,(H,21,22,25,26);2-3,6-7,9,14H,4-5H2,1H3,(H2,11,12,15);2-3,6-7,9,13H,4-5H2,1H3,(H,11,14,15);1-4,10H,5H2/t2*15-,18+,21+;12-,15+,17+;2*6-,7+,9+;/m00000./s1/i2*25TD;20TD;;;. The molecule has 0 radical (unpaired) electrons. The molecule has 4 aromatic carbocycles. The van der Waals surface area contributed by atoms with E-state index in [1.54, 1.807) is 116 Å². The molecule has 12 N–H and O–H groups in total. The van der Waals surface area contributed by atoms with E-state index in [4.69, 9.17) is 91.5 Å². The monoisotopic (exact) mass is 2110 g/mol. The number of carbonyl (C=O) groups excluding carboxylic acids is 8. The van der Waals surface area contributed by atoms with Gasteiger partial charge in [0, 0.05) is 86.2 Å². The molecule has 146 heavy (non-hydrogen) atoms. The van der Waals surface area contributed by atoms with E-state index in [1.165, 1.54) is 79.8 Å². The quantitative estimate of drug-likeness (QED) is 0.00831. The van der Waals surface area contributed by atoms with E-state index >= 15 is 0 Å². The van der Waals surface area contributed by atoms with Crippen molar-refractivity contribution in [1.82, 2.24) is 58.4 Å². The summed E-state index contributed by atoms with van der Waals surface area (Å²) in [5.41, 5.74) is 7.43. The van der Waals surface area contributed by atoms with Crippen LogP contribution in [0.3, 0.4) is 0 Å². The van der Waals surface area contributed by atoms with Crippen molar-refractivity contribution in [3.8, 4) is 0 Å². The van der Waals surface area contributed by atoms with Gasteiger partial charge in [0.15, 0.2) is 0 Å². The summed E-state index contributed by atoms with van der Waals surface area (Å²) in [7, 11) is 0.123. The Balaban J connectivity index is 0.000000212. The molecule has 0 aliphatic carbocycles. The number of H-pyrrole nitrogens is 1. The lowest BCUT2D eigenvalue weighted by atomic mass is 10.0. The number of aliphatic hydroxyl groups excluding tert-OH is 4. The molecular weight excluding hydrogens is 1980 g/mol. The zero-order valence-electron chi connectivity index (χ0n) is 87.0. The molecule has 0 spiro atoms. The normalized spacial score (nSPS) is 21.4. The third-order valence-electron chi connectivity index (χ3n) is 23.3. The smallest absolute Gasteiger partial charge is 0.351 e. The average molecular weight is 2110 g/mol. The van der Waals surface area contributed by atoms with Crippen molar-refractivity contribution in [3.63, 3.8) is 0 Å². The van der Waals surface area contributed by atoms with Crippen LogP contribution in [-0.2, 0) is 91.3 Å². The van der Waals surface area contributed by atoms with Gasteiger partial charge >= 0.3 is 40.4 Å². The Hall–Kier alpha value is -12.1. The van der Waals surface area contributed by atoms with Crippen LogP contribution in [0, 0.1) is 29.6 Å². The highest BCUT2D eigenvalue weighted by atomic mass is 35.5. The number of hydrogen-bond acceptors (Lipinski definition) is 36. The van der Waals surface area contributed by atoms with Crippen molar-refractivity contribution in [1.29, 1.82) is 8.01 Å². The predicted molar refractivity (Wildman–Crippen MR) is 551 cm³/mol. The molecule has 15 atom stereocenters. The number of aliphatic hydroxyl groups is 4. The largest absolute Gasteiger partial charge is 0.461 e. The number of nitrogen functional groups attached to an aromatic ring is 1. The Morgan fingerprint density at radius 2 is 0.726 bits per heavy atom. The van der Waals surface area contributed by atoms with Crippen LogP contribution in [0.5, 0.6) is 0 Å². The maximum Gasteiger partial charge on any atom is 0.351 e. The molecule has 5 aliphatic heterocycles. The van der Waals surface area contributed by atoms with Gasteiger partial charge < -0.3 is 98.5 Å². The first-order chi connectivity index (χ1) is 72.6. The molecular formula is C95H122B3ClN16O28S3. The summed E-state index contributed by atoms with van der Waals surface area (Å²) in [6, 6.07) is 33.2. The Kier molecular flexibility index (Phi) is 44.6. The number of aromatic amines is 1. The van der Waals surface area contributed by atoms with E-state index in [0.717, 1.165) is 41.7 Å². The third kappa shape index (κ3) is 36.8. The molecule has 5 fully saturated rings. The Morgan fingerprint density at radius 1 is 0.432 bits per heavy atom. The summed E-state index contributed by atoms with van der Waals surface area (Å²) in [6.07, 6.45) is 7.33. The number of carbonyl (C=O) groups is 8. The number of hydrogen-bond donors (Lipinski definition) is 11. The first-order valence-electron chi connectivity index (χ1n) is 49.8. The summed E-state index contributed by atoms with van der Waals surface area (Å²) in [5.74, 6) is -1.47. The second kappa shape index (κ2) is 60.2. The number of nitrogens with two attached hydrogens (primary N) is 1. The number of rotatable bonds is 41. The number of nitrogens with one attached hydrogen (secondary N) is 6. The fourth-order valence-electron chi connectivity index (χ4n) is 14.9. The highest BCUT2D eigenvalue weighted by Crippen LogP contribution is 2.38. The highest BCUT2D eigenvalue weighted by Gasteiger charge is 2.39. The first kappa shape index (κ1) is 108. The molecule has 0 saturated carbocycles. The minimum absolute atomic E-state index is 0.0127. The maximum absolute atomic E-state index is 12.6. The minimum Gasteiger partial charge on any atom is -0.461 e. The topological polar surface area (TPSA) is 590 Å². The molecule has 5 aliphatic rings. The summed E-state index contributed by atoms with van der Waals surface area (Å²) in [4.78, 5) is 183. The number of anilines is 4.